The Balaban J connectivity index is 1.74. The summed E-state index contributed by atoms with van der Waals surface area (Å²) in [5.41, 5.74) is 0. The van der Waals surface area contributed by atoms with Gasteiger partial charge in [0.15, 0.2) is 0 Å². The third kappa shape index (κ3) is 3.03. The van der Waals surface area contributed by atoms with Crippen molar-refractivity contribution >= 4 is 0 Å². The number of hydrogen-bond donors (Lipinski definition) is 0. The second kappa shape index (κ2) is 6.51. The summed E-state index contributed by atoms with van der Waals surface area (Å²) in [7, 11) is 0. The van der Waals surface area contributed by atoms with Gasteiger partial charge in [-0.15, -0.1) is 0 Å². The van der Waals surface area contributed by atoms with Crippen molar-refractivity contribution in [1.82, 2.24) is 9.80 Å². The topological polar surface area (TPSA) is 28.9 Å². The quantitative estimate of drug-likeness (QED) is 0.834. The molecule has 4 heteroatoms. The zero-order valence-corrected chi connectivity index (χ0v) is 13.5. The molecule has 0 spiro atoms. The number of likely N-dealkylation sites (N-methyl/N-ethyl adjacent to an activating group) is 1. The van der Waals surface area contributed by atoms with Crippen LogP contribution in [0.2, 0.25) is 0 Å². The summed E-state index contributed by atoms with van der Waals surface area (Å²) in [4.78, 5) is 5.13. The summed E-state index contributed by atoms with van der Waals surface area (Å²) in [6, 6.07) is 5.25. The number of aryl methyl sites for hydroxylation is 1. The van der Waals surface area contributed by atoms with Crippen LogP contribution in [-0.4, -0.2) is 54.2 Å². The lowest BCUT2D eigenvalue weighted by Crippen LogP contribution is -2.47. The van der Waals surface area contributed by atoms with E-state index in [-0.39, 0.29) is 0 Å². The van der Waals surface area contributed by atoms with Crippen molar-refractivity contribution < 1.29 is 9.15 Å². The lowest BCUT2D eigenvalue weighted by Gasteiger charge is -2.35. The van der Waals surface area contributed by atoms with Crippen LogP contribution in [-0.2, 0) is 11.3 Å². The van der Waals surface area contributed by atoms with Gasteiger partial charge in [-0.25, -0.2) is 0 Å². The van der Waals surface area contributed by atoms with E-state index in [1.165, 1.54) is 12.8 Å². The van der Waals surface area contributed by atoms with Crippen LogP contribution in [0.3, 0.4) is 0 Å². The van der Waals surface area contributed by atoms with E-state index in [1.54, 1.807) is 0 Å². The lowest BCUT2D eigenvalue weighted by atomic mass is 10.00. The number of ether oxygens (including phenoxy) is 1. The Morgan fingerprint density at radius 2 is 2.10 bits per heavy atom. The van der Waals surface area contributed by atoms with Crippen LogP contribution in [0.1, 0.15) is 38.2 Å². The molecule has 0 aliphatic carbocycles. The SMILES string of the molecule is CCN(CC)[C@@H]1CN(Cc2ccc(C)o2)[C@@H]2CCCO[C@H]12. The number of likely N-dealkylation sites (tertiary alicyclic amines) is 1. The van der Waals surface area contributed by atoms with E-state index in [0.29, 0.717) is 18.2 Å². The first-order valence-electron chi connectivity index (χ1n) is 8.38. The Hall–Kier alpha value is -0.840. The fourth-order valence-corrected chi connectivity index (χ4v) is 3.99. The molecule has 21 heavy (non-hydrogen) atoms. The fraction of sp³-hybridized carbons (Fsp3) is 0.765. The molecule has 0 amide bonds. The predicted octanol–water partition coefficient (Wildman–Crippen LogP) is 2.66. The van der Waals surface area contributed by atoms with Crippen LogP contribution in [0.25, 0.3) is 0 Å². The predicted molar refractivity (Wildman–Crippen MR) is 83.3 cm³/mol. The molecule has 3 atom stereocenters. The van der Waals surface area contributed by atoms with E-state index in [2.05, 4.69) is 35.8 Å². The van der Waals surface area contributed by atoms with E-state index in [4.69, 9.17) is 9.15 Å². The fourth-order valence-electron chi connectivity index (χ4n) is 3.99. The minimum Gasteiger partial charge on any atom is -0.465 e. The van der Waals surface area contributed by atoms with Gasteiger partial charge in [-0.1, -0.05) is 13.8 Å². The normalized spacial score (nSPS) is 30.0. The largest absolute Gasteiger partial charge is 0.465 e. The second-order valence-electron chi connectivity index (χ2n) is 6.28. The van der Waals surface area contributed by atoms with Gasteiger partial charge in [-0.2, -0.15) is 0 Å². The highest BCUT2D eigenvalue weighted by molar-refractivity contribution is 5.08. The van der Waals surface area contributed by atoms with Gasteiger partial charge in [0.25, 0.3) is 0 Å². The van der Waals surface area contributed by atoms with Crippen LogP contribution in [0.5, 0.6) is 0 Å². The van der Waals surface area contributed by atoms with Gasteiger partial charge in [0.2, 0.25) is 0 Å². The lowest BCUT2D eigenvalue weighted by molar-refractivity contribution is -0.0401. The first kappa shape index (κ1) is 15.1. The summed E-state index contributed by atoms with van der Waals surface area (Å²) < 4.78 is 11.9. The summed E-state index contributed by atoms with van der Waals surface area (Å²) in [5.74, 6) is 2.08. The van der Waals surface area contributed by atoms with Gasteiger partial charge in [0, 0.05) is 19.2 Å². The van der Waals surface area contributed by atoms with Gasteiger partial charge < -0.3 is 9.15 Å². The second-order valence-corrected chi connectivity index (χ2v) is 6.28. The van der Waals surface area contributed by atoms with E-state index >= 15 is 0 Å². The molecular formula is C17H28N2O2. The number of rotatable bonds is 5. The van der Waals surface area contributed by atoms with E-state index in [0.717, 1.165) is 44.3 Å². The smallest absolute Gasteiger partial charge is 0.118 e. The average molecular weight is 292 g/mol. The molecule has 2 fully saturated rings. The molecule has 0 bridgehead atoms. The molecule has 0 saturated carbocycles. The Bertz CT molecular complexity index is 455. The van der Waals surface area contributed by atoms with E-state index in [1.807, 2.05) is 6.92 Å². The minimum absolute atomic E-state index is 0.370. The highest BCUT2D eigenvalue weighted by atomic mass is 16.5. The van der Waals surface area contributed by atoms with Crippen molar-refractivity contribution in [2.75, 3.05) is 26.2 Å². The minimum atomic E-state index is 0.370. The molecule has 1 aromatic rings. The Morgan fingerprint density at radius 1 is 1.29 bits per heavy atom. The van der Waals surface area contributed by atoms with Crippen LogP contribution in [0.4, 0.5) is 0 Å². The third-order valence-corrected chi connectivity index (χ3v) is 5.04. The molecule has 2 aliphatic heterocycles. The maximum absolute atomic E-state index is 6.16. The number of furan rings is 1. The Labute approximate surface area is 128 Å². The van der Waals surface area contributed by atoms with Crippen LogP contribution in [0.15, 0.2) is 16.5 Å². The molecule has 0 aromatic carbocycles. The molecule has 4 nitrogen and oxygen atoms in total. The molecule has 3 heterocycles. The molecule has 2 saturated heterocycles. The number of nitrogens with zero attached hydrogens (tertiary/aromatic N) is 2. The molecule has 0 radical (unpaired) electrons. The molecule has 0 N–H and O–H groups in total. The first-order valence-corrected chi connectivity index (χ1v) is 8.38. The first-order chi connectivity index (χ1) is 10.2. The summed E-state index contributed by atoms with van der Waals surface area (Å²) in [6.07, 6.45) is 2.80. The van der Waals surface area contributed by atoms with Gasteiger partial charge >= 0.3 is 0 Å². The zero-order valence-electron chi connectivity index (χ0n) is 13.5. The van der Waals surface area contributed by atoms with Gasteiger partial charge in [-0.3, -0.25) is 9.80 Å². The molecule has 3 rings (SSSR count). The molecule has 118 valence electrons. The molecule has 2 aliphatic rings. The number of hydrogen-bond acceptors (Lipinski definition) is 4. The maximum Gasteiger partial charge on any atom is 0.118 e. The Kier molecular flexibility index (Phi) is 4.67. The highest BCUT2D eigenvalue weighted by Gasteiger charge is 2.45. The zero-order chi connectivity index (χ0) is 14.8. The van der Waals surface area contributed by atoms with Crippen molar-refractivity contribution in [2.24, 2.45) is 0 Å². The molecule has 0 unspecified atom stereocenters. The van der Waals surface area contributed by atoms with Crippen molar-refractivity contribution in [3.8, 4) is 0 Å². The van der Waals surface area contributed by atoms with Crippen LogP contribution < -0.4 is 0 Å². The summed E-state index contributed by atoms with van der Waals surface area (Å²) in [6.45, 7) is 11.6. The van der Waals surface area contributed by atoms with Crippen molar-refractivity contribution in [3.05, 3.63) is 23.7 Å². The maximum atomic E-state index is 6.16. The highest BCUT2D eigenvalue weighted by Crippen LogP contribution is 2.32. The van der Waals surface area contributed by atoms with E-state index < -0.39 is 0 Å². The van der Waals surface area contributed by atoms with Crippen molar-refractivity contribution in [3.63, 3.8) is 0 Å². The van der Waals surface area contributed by atoms with E-state index in [9.17, 15) is 0 Å². The van der Waals surface area contributed by atoms with Crippen LogP contribution >= 0.6 is 0 Å². The summed E-state index contributed by atoms with van der Waals surface area (Å²) >= 11 is 0. The van der Waals surface area contributed by atoms with Crippen molar-refractivity contribution in [2.45, 2.75) is 58.3 Å². The monoisotopic (exact) mass is 292 g/mol. The number of fused-ring (bicyclic) bond motifs is 1. The molecule has 1 aromatic heterocycles. The molecular weight excluding hydrogens is 264 g/mol. The van der Waals surface area contributed by atoms with Gasteiger partial charge in [0.1, 0.15) is 11.5 Å². The van der Waals surface area contributed by atoms with Crippen molar-refractivity contribution in [1.29, 1.82) is 0 Å². The van der Waals surface area contributed by atoms with Gasteiger partial charge in [0.05, 0.1) is 18.7 Å². The standard InChI is InChI=1S/C17H28N2O2/c1-4-18(5-2)16-12-19(11-14-9-8-13(3)21-14)15-7-6-10-20-17(15)16/h8-9,15-17H,4-7,10-12H2,1-3H3/t15-,16-,17+/m1/s1. The third-order valence-electron chi connectivity index (χ3n) is 5.04. The Morgan fingerprint density at radius 3 is 2.76 bits per heavy atom. The average Bonchev–Trinajstić information content (AvgIpc) is 3.06. The van der Waals surface area contributed by atoms with Crippen LogP contribution in [0, 0.1) is 6.92 Å². The van der Waals surface area contributed by atoms with Gasteiger partial charge in [-0.05, 0) is 45.0 Å². The summed E-state index contributed by atoms with van der Waals surface area (Å²) in [5, 5.41) is 0.